The molecule has 146 valence electrons. The van der Waals surface area contributed by atoms with E-state index in [0.29, 0.717) is 21.7 Å². The van der Waals surface area contributed by atoms with Gasteiger partial charge in [-0.25, -0.2) is 0 Å². The second kappa shape index (κ2) is 8.52. The average Bonchev–Trinajstić information content (AvgIpc) is 2.88. The van der Waals surface area contributed by atoms with E-state index in [1.165, 1.54) is 11.1 Å². The molecular weight excluding hydrogens is 411 g/mol. The zero-order chi connectivity index (χ0) is 20.4. The highest BCUT2D eigenvalue weighted by Gasteiger charge is 2.14. The third-order valence-electron chi connectivity index (χ3n) is 4.72. The van der Waals surface area contributed by atoms with Crippen molar-refractivity contribution in [2.24, 2.45) is 0 Å². The Morgan fingerprint density at radius 3 is 2.43 bits per heavy atom. The van der Waals surface area contributed by atoms with Crippen LogP contribution < -0.4 is 10.6 Å². The lowest BCUT2D eigenvalue weighted by Gasteiger charge is -2.12. The fourth-order valence-electron chi connectivity index (χ4n) is 2.94. The molecule has 0 unspecified atom stereocenters. The molecule has 0 spiro atoms. The van der Waals surface area contributed by atoms with Crippen LogP contribution in [0.4, 0.5) is 11.4 Å². The Balaban J connectivity index is 1.75. The smallest absolute Gasteiger partial charge is 0.175 e. The van der Waals surface area contributed by atoms with E-state index in [1.54, 1.807) is 6.07 Å². The molecule has 0 saturated heterocycles. The summed E-state index contributed by atoms with van der Waals surface area (Å²) in [5.74, 6) is 0. The van der Waals surface area contributed by atoms with Gasteiger partial charge in [0.2, 0.25) is 0 Å². The number of nitrogens with zero attached hydrogens (tertiary/aromatic N) is 2. The van der Waals surface area contributed by atoms with Gasteiger partial charge in [-0.15, -0.1) is 0 Å². The van der Waals surface area contributed by atoms with E-state index < -0.39 is 0 Å². The number of rotatable bonds is 4. The van der Waals surface area contributed by atoms with Gasteiger partial charge in [-0.1, -0.05) is 35.3 Å². The van der Waals surface area contributed by atoms with Crippen LogP contribution in [0, 0.1) is 27.7 Å². The quantitative estimate of drug-likeness (QED) is 0.475. The number of halogens is 2. The van der Waals surface area contributed by atoms with Crippen LogP contribution in [0.2, 0.25) is 10.0 Å². The fraction of sp³-hybridized carbons (Fsp3) is 0.238. The van der Waals surface area contributed by atoms with Gasteiger partial charge in [0.1, 0.15) is 0 Å². The van der Waals surface area contributed by atoms with E-state index in [9.17, 15) is 0 Å². The Kier molecular flexibility index (Phi) is 6.28. The van der Waals surface area contributed by atoms with Gasteiger partial charge in [-0.2, -0.15) is 5.10 Å². The third kappa shape index (κ3) is 4.66. The standard InChI is InChI=1S/C21H22Cl2N4S/c1-12-5-8-18(9-13(12)2)24-21(28)25-20-14(3)26-27(15(20)4)11-16-6-7-17(22)10-19(16)23/h5-10H,11H2,1-4H3,(H2,24,25,28). The summed E-state index contributed by atoms with van der Waals surface area (Å²) in [4.78, 5) is 0. The van der Waals surface area contributed by atoms with Gasteiger partial charge in [0.15, 0.2) is 5.11 Å². The van der Waals surface area contributed by atoms with Crippen LogP contribution in [0.3, 0.4) is 0 Å². The van der Waals surface area contributed by atoms with Crippen molar-refractivity contribution in [3.8, 4) is 0 Å². The maximum atomic E-state index is 6.30. The van der Waals surface area contributed by atoms with Crippen molar-refractivity contribution < 1.29 is 0 Å². The molecular formula is C21H22Cl2N4S. The summed E-state index contributed by atoms with van der Waals surface area (Å²) in [6.07, 6.45) is 0. The number of hydrogen-bond acceptors (Lipinski definition) is 2. The third-order valence-corrected chi connectivity index (χ3v) is 5.51. The van der Waals surface area contributed by atoms with Gasteiger partial charge in [-0.3, -0.25) is 4.68 Å². The molecule has 0 saturated carbocycles. The minimum absolute atomic E-state index is 0.526. The first-order valence-electron chi connectivity index (χ1n) is 8.88. The minimum atomic E-state index is 0.526. The molecule has 1 heterocycles. The van der Waals surface area contributed by atoms with Crippen molar-refractivity contribution >= 4 is 51.9 Å². The van der Waals surface area contributed by atoms with Gasteiger partial charge >= 0.3 is 0 Å². The molecule has 0 fully saturated rings. The molecule has 0 aliphatic rings. The van der Waals surface area contributed by atoms with Crippen LogP contribution in [-0.2, 0) is 6.54 Å². The van der Waals surface area contributed by atoms with Crippen LogP contribution in [-0.4, -0.2) is 14.9 Å². The number of anilines is 2. The Hall–Kier alpha value is -2.08. The molecule has 1 aromatic heterocycles. The molecule has 3 aromatic rings. The Labute approximate surface area is 180 Å². The van der Waals surface area contributed by atoms with Crippen molar-refractivity contribution in [1.29, 1.82) is 0 Å². The highest BCUT2D eigenvalue weighted by Crippen LogP contribution is 2.25. The van der Waals surface area contributed by atoms with E-state index in [0.717, 1.165) is 28.3 Å². The molecule has 0 aliphatic heterocycles. The summed E-state index contributed by atoms with van der Waals surface area (Å²) in [5, 5.41) is 12.9. The number of nitrogens with one attached hydrogen (secondary N) is 2. The van der Waals surface area contributed by atoms with Gasteiger partial charge in [0.05, 0.1) is 23.6 Å². The maximum absolute atomic E-state index is 6.30. The SMILES string of the molecule is Cc1ccc(NC(=S)Nc2c(C)nn(Cc3ccc(Cl)cc3Cl)c2C)cc1C. The molecule has 4 nitrogen and oxygen atoms in total. The molecule has 0 bridgehead atoms. The minimum Gasteiger partial charge on any atom is -0.332 e. The summed E-state index contributed by atoms with van der Waals surface area (Å²) in [5.41, 5.74) is 7.12. The molecule has 2 N–H and O–H groups in total. The Morgan fingerprint density at radius 1 is 1.00 bits per heavy atom. The molecule has 0 amide bonds. The fourth-order valence-corrected chi connectivity index (χ4v) is 3.63. The summed E-state index contributed by atoms with van der Waals surface area (Å²) in [7, 11) is 0. The molecule has 2 aromatic carbocycles. The lowest BCUT2D eigenvalue weighted by atomic mass is 10.1. The molecule has 28 heavy (non-hydrogen) atoms. The lowest BCUT2D eigenvalue weighted by Crippen LogP contribution is -2.20. The van der Waals surface area contributed by atoms with Gasteiger partial charge < -0.3 is 10.6 Å². The summed E-state index contributed by atoms with van der Waals surface area (Å²) < 4.78 is 1.91. The highest BCUT2D eigenvalue weighted by molar-refractivity contribution is 7.80. The lowest BCUT2D eigenvalue weighted by molar-refractivity contribution is 0.659. The predicted octanol–water partition coefficient (Wildman–Crippen LogP) is 6.28. The van der Waals surface area contributed by atoms with Crippen LogP contribution in [0.25, 0.3) is 0 Å². The molecule has 7 heteroatoms. The van der Waals surface area contributed by atoms with Crippen molar-refractivity contribution in [3.05, 3.63) is 74.5 Å². The number of aromatic nitrogens is 2. The van der Waals surface area contributed by atoms with Crippen LogP contribution in [0.1, 0.15) is 28.1 Å². The van der Waals surface area contributed by atoms with E-state index in [1.807, 2.05) is 36.7 Å². The summed E-state index contributed by atoms with van der Waals surface area (Å²) in [6.45, 7) is 8.68. The first-order valence-corrected chi connectivity index (χ1v) is 10.0. The topological polar surface area (TPSA) is 41.9 Å². The van der Waals surface area contributed by atoms with Gasteiger partial charge in [-0.05, 0) is 80.9 Å². The first kappa shape index (κ1) is 20.6. The van der Waals surface area contributed by atoms with Crippen molar-refractivity contribution in [2.75, 3.05) is 10.6 Å². The second-order valence-corrected chi connectivity index (χ2v) is 8.07. The van der Waals surface area contributed by atoms with Crippen LogP contribution in [0.5, 0.6) is 0 Å². The number of benzene rings is 2. The number of aryl methyl sites for hydroxylation is 3. The monoisotopic (exact) mass is 432 g/mol. The predicted molar refractivity (Wildman–Crippen MR) is 123 cm³/mol. The first-order chi connectivity index (χ1) is 13.2. The largest absolute Gasteiger partial charge is 0.332 e. The van der Waals surface area contributed by atoms with E-state index in [2.05, 4.69) is 41.7 Å². The zero-order valence-corrected chi connectivity index (χ0v) is 18.6. The molecule has 0 radical (unpaired) electrons. The Morgan fingerprint density at radius 2 is 1.75 bits per heavy atom. The van der Waals surface area contributed by atoms with Crippen molar-refractivity contribution in [3.63, 3.8) is 0 Å². The van der Waals surface area contributed by atoms with Gasteiger partial charge in [0.25, 0.3) is 0 Å². The molecule has 3 rings (SSSR count). The molecule has 0 atom stereocenters. The van der Waals surface area contributed by atoms with E-state index in [-0.39, 0.29) is 0 Å². The maximum Gasteiger partial charge on any atom is 0.175 e. The molecule has 0 aliphatic carbocycles. The van der Waals surface area contributed by atoms with E-state index >= 15 is 0 Å². The van der Waals surface area contributed by atoms with Crippen molar-refractivity contribution in [1.82, 2.24) is 9.78 Å². The number of thiocarbonyl (C=S) groups is 1. The summed E-state index contributed by atoms with van der Waals surface area (Å²) in [6, 6.07) is 11.7. The zero-order valence-electron chi connectivity index (χ0n) is 16.2. The van der Waals surface area contributed by atoms with Crippen LogP contribution >= 0.6 is 35.4 Å². The van der Waals surface area contributed by atoms with Crippen LogP contribution in [0.15, 0.2) is 36.4 Å². The van der Waals surface area contributed by atoms with Gasteiger partial charge in [0, 0.05) is 15.7 Å². The summed E-state index contributed by atoms with van der Waals surface area (Å²) >= 11 is 17.8. The highest BCUT2D eigenvalue weighted by atomic mass is 35.5. The van der Waals surface area contributed by atoms with E-state index in [4.69, 9.17) is 35.4 Å². The normalized spacial score (nSPS) is 10.8. The Bertz CT molecular complexity index is 1040. The van der Waals surface area contributed by atoms with Crippen molar-refractivity contribution in [2.45, 2.75) is 34.2 Å². The average molecular weight is 433 g/mol. The second-order valence-electron chi connectivity index (χ2n) is 6.82. The number of hydrogen-bond donors (Lipinski definition) is 2.